The molecule has 1 aromatic heterocycles. The molecule has 1 aliphatic carbocycles. The number of hydrogen-bond acceptors (Lipinski definition) is 5. The number of carbonyl (C=O) groups excluding carboxylic acids is 1. The monoisotopic (exact) mass is 330 g/mol. The number of rotatable bonds is 5. The van der Waals surface area contributed by atoms with Crippen molar-refractivity contribution in [2.75, 3.05) is 6.54 Å². The van der Waals surface area contributed by atoms with Gasteiger partial charge in [-0.2, -0.15) is 0 Å². The topological polar surface area (TPSA) is 120 Å². The number of pyridine rings is 1. The summed E-state index contributed by atoms with van der Waals surface area (Å²) in [5, 5.41) is 13.6. The Balaban J connectivity index is 0.00000242. The average molecular weight is 331 g/mol. The van der Waals surface area contributed by atoms with Gasteiger partial charge in [0.05, 0.1) is 16.7 Å². The summed E-state index contributed by atoms with van der Waals surface area (Å²) in [5.74, 6) is -0.357. The van der Waals surface area contributed by atoms with Crippen LogP contribution in [0.3, 0.4) is 0 Å². The lowest BCUT2D eigenvalue weighted by Crippen LogP contribution is -2.52. The first-order valence-corrected chi connectivity index (χ1v) is 6.82. The van der Waals surface area contributed by atoms with Crippen LogP contribution < -0.4 is 16.6 Å². The van der Waals surface area contributed by atoms with Crippen LogP contribution in [0.5, 0.6) is 0 Å². The van der Waals surface area contributed by atoms with E-state index in [1.165, 1.54) is 0 Å². The number of carbonyl (C=O) groups is 1. The summed E-state index contributed by atoms with van der Waals surface area (Å²) >= 11 is 0. The Morgan fingerprint density at radius 2 is 2.05 bits per heavy atom. The molecule has 0 saturated heterocycles. The van der Waals surface area contributed by atoms with Gasteiger partial charge in [-0.15, -0.1) is 12.4 Å². The van der Waals surface area contributed by atoms with Gasteiger partial charge >= 0.3 is 0 Å². The molecule has 1 aromatic rings. The Bertz CT molecular complexity index is 610. The van der Waals surface area contributed by atoms with Gasteiger partial charge in [0.2, 0.25) is 5.91 Å². The lowest BCUT2D eigenvalue weighted by Gasteiger charge is -2.28. The summed E-state index contributed by atoms with van der Waals surface area (Å²) in [6.45, 7) is 0.102. The normalized spacial score (nSPS) is 15.9. The third-order valence-corrected chi connectivity index (χ3v) is 3.85. The van der Waals surface area contributed by atoms with Crippen molar-refractivity contribution in [3.63, 3.8) is 0 Å². The molecule has 1 amide bonds. The minimum atomic E-state index is -0.605. The van der Waals surface area contributed by atoms with E-state index in [0.29, 0.717) is 6.54 Å². The van der Waals surface area contributed by atoms with Crippen molar-refractivity contribution in [3.05, 3.63) is 38.8 Å². The van der Waals surface area contributed by atoms with Gasteiger partial charge in [-0.3, -0.25) is 24.3 Å². The minimum Gasteiger partial charge on any atom is -0.348 e. The van der Waals surface area contributed by atoms with E-state index in [-0.39, 0.29) is 30.5 Å². The predicted molar refractivity (Wildman–Crippen MR) is 83.0 cm³/mol. The summed E-state index contributed by atoms with van der Waals surface area (Å²) in [7, 11) is 0. The van der Waals surface area contributed by atoms with E-state index in [4.69, 9.17) is 5.73 Å². The van der Waals surface area contributed by atoms with Crippen molar-refractivity contribution < 1.29 is 9.72 Å². The lowest BCUT2D eigenvalue weighted by molar-refractivity contribution is -0.385. The van der Waals surface area contributed by atoms with Crippen molar-refractivity contribution in [1.29, 1.82) is 0 Å². The Morgan fingerprint density at radius 3 is 2.59 bits per heavy atom. The zero-order chi connectivity index (χ0) is 15.5. The lowest BCUT2D eigenvalue weighted by atomic mass is 9.98. The van der Waals surface area contributed by atoms with E-state index in [2.05, 4.69) is 5.32 Å². The Morgan fingerprint density at radius 1 is 1.41 bits per heavy atom. The molecule has 1 aliphatic rings. The highest BCUT2D eigenvalue weighted by Gasteiger charge is 2.33. The summed E-state index contributed by atoms with van der Waals surface area (Å²) in [5.41, 5.74) is 4.65. The molecule has 0 unspecified atom stereocenters. The fraction of sp³-hybridized carbons (Fsp3) is 0.538. The maximum absolute atomic E-state index is 12.1. The number of halogens is 1. The van der Waals surface area contributed by atoms with Crippen LogP contribution in [0.25, 0.3) is 0 Å². The molecule has 0 bridgehead atoms. The molecule has 122 valence electrons. The van der Waals surface area contributed by atoms with Crippen LogP contribution >= 0.6 is 12.4 Å². The molecule has 22 heavy (non-hydrogen) atoms. The van der Waals surface area contributed by atoms with Crippen LogP contribution in [-0.4, -0.2) is 27.5 Å². The third-order valence-electron chi connectivity index (χ3n) is 3.85. The van der Waals surface area contributed by atoms with Crippen LogP contribution in [0.15, 0.2) is 23.1 Å². The number of aromatic nitrogens is 1. The smallest absolute Gasteiger partial charge is 0.285 e. The van der Waals surface area contributed by atoms with Crippen LogP contribution in [0.2, 0.25) is 0 Å². The van der Waals surface area contributed by atoms with Gasteiger partial charge < -0.3 is 11.1 Å². The summed E-state index contributed by atoms with van der Waals surface area (Å²) in [6, 6.07) is 2.20. The summed E-state index contributed by atoms with van der Waals surface area (Å²) < 4.78 is 1.03. The van der Waals surface area contributed by atoms with Gasteiger partial charge in [-0.25, -0.2) is 0 Å². The maximum atomic E-state index is 12.1. The minimum absolute atomic E-state index is 0. The van der Waals surface area contributed by atoms with E-state index in [1.807, 2.05) is 0 Å². The average Bonchev–Trinajstić information content (AvgIpc) is 2.90. The van der Waals surface area contributed by atoms with Crippen LogP contribution in [0, 0.1) is 10.1 Å². The van der Waals surface area contributed by atoms with E-state index in [1.54, 1.807) is 0 Å². The van der Waals surface area contributed by atoms with E-state index >= 15 is 0 Å². The second kappa shape index (κ2) is 7.37. The van der Waals surface area contributed by atoms with E-state index in [0.717, 1.165) is 48.6 Å². The largest absolute Gasteiger partial charge is 0.348 e. The number of amides is 1. The predicted octanol–water partition coefficient (Wildman–Crippen LogP) is 0.566. The van der Waals surface area contributed by atoms with Crippen molar-refractivity contribution in [2.24, 2.45) is 5.73 Å². The zero-order valence-corrected chi connectivity index (χ0v) is 12.8. The molecule has 0 atom stereocenters. The number of nitrogens with two attached hydrogens (primary N) is 1. The number of hydrogen-bond donors (Lipinski definition) is 2. The molecule has 3 N–H and O–H groups in total. The SMILES string of the molecule is Cl.NCC1(NC(=O)Cn2cc([N+](=O)[O-])ccc2=O)CCCC1. The van der Waals surface area contributed by atoms with Crippen molar-refractivity contribution in [2.45, 2.75) is 37.8 Å². The molecule has 1 fully saturated rings. The van der Waals surface area contributed by atoms with E-state index in [9.17, 15) is 19.7 Å². The molecule has 0 spiro atoms. The fourth-order valence-corrected chi connectivity index (χ4v) is 2.67. The molecule has 9 heteroatoms. The second-order valence-corrected chi connectivity index (χ2v) is 5.35. The first-order valence-electron chi connectivity index (χ1n) is 6.82. The Hall–Kier alpha value is -1.93. The van der Waals surface area contributed by atoms with Gasteiger partial charge in [0, 0.05) is 18.7 Å². The van der Waals surface area contributed by atoms with Gasteiger partial charge in [0.25, 0.3) is 11.2 Å². The number of nitro groups is 1. The molecular weight excluding hydrogens is 312 g/mol. The first kappa shape index (κ1) is 18.1. The maximum Gasteiger partial charge on any atom is 0.285 e. The third kappa shape index (κ3) is 4.05. The molecule has 2 rings (SSSR count). The molecule has 1 saturated carbocycles. The standard InChI is InChI=1S/C13H18N4O4.ClH/c14-9-13(5-1-2-6-13)15-11(18)8-16-7-10(17(20)21)3-4-12(16)19;/h3-4,7H,1-2,5-6,8-9,14H2,(H,15,18);1H. The molecule has 0 aromatic carbocycles. The van der Waals surface area contributed by atoms with Crippen molar-refractivity contribution in [1.82, 2.24) is 9.88 Å². The summed E-state index contributed by atoms with van der Waals surface area (Å²) in [4.78, 5) is 33.8. The molecule has 0 radical (unpaired) electrons. The Labute approximate surface area is 133 Å². The number of nitrogens with zero attached hydrogens (tertiary/aromatic N) is 2. The second-order valence-electron chi connectivity index (χ2n) is 5.35. The van der Waals surface area contributed by atoms with E-state index < -0.39 is 16.0 Å². The van der Waals surface area contributed by atoms with Gasteiger partial charge in [-0.1, -0.05) is 12.8 Å². The Kier molecular flexibility index (Phi) is 6.07. The highest BCUT2D eigenvalue weighted by molar-refractivity contribution is 5.85. The van der Waals surface area contributed by atoms with Gasteiger partial charge in [-0.05, 0) is 12.8 Å². The van der Waals surface area contributed by atoms with Crippen LogP contribution in [0.4, 0.5) is 5.69 Å². The molecule has 8 nitrogen and oxygen atoms in total. The summed E-state index contributed by atoms with van der Waals surface area (Å²) in [6.07, 6.45) is 4.73. The highest BCUT2D eigenvalue weighted by Crippen LogP contribution is 2.28. The van der Waals surface area contributed by atoms with Gasteiger partial charge in [0.15, 0.2) is 0 Å². The van der Waals surface area contributed by atoms with Crippen molar-refractivity contribution in [3.8, 4) is 0 Å². The van der Waals surface area contributed by atoms with Gasteiger partial charge in [0.1, 0.15) is 6.54 Å². The molecule has 1 heterocycles. The van der Waals surface area contributed by atoms with Crippen molar-refractivity contribution >= 4 is 24.0 Å². The molecular formula is C13H19ClN4O4. The zero-order valence-electron chi connectivity index (χ0n) is 12.0. The van der Waals surface area contributed by atoms with Crippen LogP contribution in [-0.2, 0) is 11.3 Å². The first-order chi connectivity index (χ1) is 9.96. The highest BCUT2D eigenvalue weighted by atomic mass is 35.5. The van der Waals surface area contributed by atoms with Crippen LogP contribution in [0.1, 0.15) is 25.7 Å². The fourth-order valence-electron chi connectivity index (χ4n) is 2.67. The molecule has 0 aliphatic heterocycles. The quantitative estimate of drug-likeness (QED) is 0.604. The number of nitrogens with one attached hydrogen (secondary N) is 1.